The molecule has 114 valence electrons. The molecule has 0 unspecified atom stereocenters. The van der Waals surface area contributed by atoms with Gasteiger partial charge in [-0.1, -0.05) is 38.3 Å². The van der Waals surface area contributed by atoms with E-state index in [1.54, 1.807) is 0 Å². The highest BCUT2D eigenvalue weighted by molar-refractivity contribution is 7.86. The van der Waals surface area contributed by atoms with Crippen LogP contribution < -0.4 is 0 Å². The van der Waals surface area contributed by atoms with Crippen molar-refractivity contribution in [3.05, 3.63) is 29.8 Å². The van der Waals surface area contributed by atoms with E-state index < -0.39 is 21.4 Å². The van der Waals surface area contributed by atoms with E-state index in [-0.39, 0.29) is 0 Å². The van der Waals surface area contributed by atoms with Crippen LogP contribution in [0.5, 0.6) is 0 Å². The third kappa shape index (κ3) is 5.92. The average molecular weight is 310 g/mol. The van der Waals surface area contributed by atoms with Crippen molar-refractivity contribution in [3.8, 4) is 0 Å². The molecule has 7 heteroatoms. The Morgan fingerprint density at radius 2 is 1.65 bits per heavy atom. The van der Waals surface area contributed by atoms with E-state index in [4.69, 9.17) is 0 Å². The van der Waals surface area contributed by atoms with Crippen LogP contribution in [0.2, 0.25) is 0 Å². The molecule has 0 aliphatic carbocycles. The fraction of sp³-hybridized carbons (Fsp3) is 0.538. The van der Waals surface area contributed by atoms with Gasteiger partial charge in [-0.25, -0.2) is 0 Å². The Morgan fingerprint density at radius 1 is 1.05 bits per heavy atom. The maximum absolute atomic E-state index is 12.0. The first-order valence-corrected chi connectivity index (χ1v) is 7.77. The van der Waals surface area contributed by atoms with Gasteiger partial charge in [-0.15, -0.1) is 13.2 Å². The minimum absolute atomic E-state index is 0.493. The van der Waals surface area contributed by atoms with Crippen molar-refractivity contribution in [2.45, 2.75) is 50.3 Å². The Hall–Kier alpha value is -1.08. The van der Waals surface area contributed by atoms with Gasteiger partial charge in [0.05, 0.1) is 4.90 Å². The quantitative estimate of drug-likeness (QED) is 0.564. The highest BCUT2D eigenvalue weighted by Crippen LogP contribution is 2.24. The van der Waals surface area contributed by atoms with E-state index in [9.17, 15) is 21.6 Å². The Bertz CT molecular complexity index is 507. The summed E-state index contributed by atoms with van der Waals surface area (Å²) in [4.78, 5) is -0.493. The number of benzene rings is 1. The average Bonchev–Trinajstić information content (AvgIpc) is 2.32. The lowest BCUT2D eigenvalue weighted by Gasteiger charge is -2.08. The van der Waals surface area contributed by atoms with Gasteiger partial charge in [-0.3, -0.25) is 0 Å². The van der Waals surface area contributed by atoms with Gasteiger partial charge in [0.1, 0.15) is 0 Å². The van der Waals surface area contributed by atoms with E-state index in [1.165, 1.54) is 12.1 Å². The first-order valence-electron chi connectivity index (χ1n) is 6.36. The lowest BCUT2D eigenvalue weighted by Crippen LogP contribution is -2.19. The summed E-state index contributed by atoms with van der Waals surface area (Å²) >= 11 is 0. The van der Waals surface area contributed by atoms with Crippen molar-refractivity contribution in [2.24, 2.45) is 0 Å². The molecule has 0 bridgehead atoms. The van der Waals surface area contributed by atoms with Crippen LogP contribution in [0.3, 0.4) is 0 Å². The highest BCUT2D eigenvalue weighted by Gasteiger charge is 2.37. The predicted molar refractivity (Wildman–Crippen MR) is 68.6 cm³/mol. The maximum atomic E-state index is 12.0. The van der Waals surface area contributed by atoms with Crippen molar-refractivity contribution in [1.82, 2.24) is 0 Å². The number of alkyl halides is 3. The topological polar surface area (TPSA) is 43.4 Å². The number of rotatable bonds is 7. The van der Waals surface area contributed by atoms with Crippen LogP contribution in [0.15, 0.2) is 29.2 Å². The molecule has 0 fully saturated rings. The number of hydrogen-bond acceptors (Lipinski definition) is 3. The van der Waals surface area contributed by atoms with Crippen molar-refractivity contribution in [3.63, 3.8) is 0 Å². The summed E-state index contributed by atoms with van der Waals surface area (Å²) in [5.41, 5.74) is 0.895. The second kappa shape index (κ2) is 7.08. The van der Waals surface area contributed by atoms with Gasteiger partial charge >= 0.3 is 16.5 Å². The number of hydrogen-bond donors (Lipinski definition) is 0. The zero-order chi connectivity index (χ0) is 15.2. The molecule has 0 spiro atoms. The van der Waals surface area contributed by atoms with E-state index in [0.717, 1.165) is 49.8 Å². The fourth-order valence-corrected chi connectivity index (χ4v) is 2.57. The van der Waals surface area contributed by atoms with Crippen LogP contribution in [0, 0.1) is 0 Å². The molecular formula is C13H17F3O3S. The molecule has 0 amide bonds. The SMILES string of the molecule is CCCCCCc1ccc(S(=O)(=O)OC(F)(F)F)cc1. The molecule has 0 saturated heterocycles. The zero-order valence-electron chi connectivity index (χ0n) is 11.1. The second-order valence-electron chi connectivity index (χ2n) is 4.44. The summed E-state index contributed by atoms with van der Waals surface area (Å²) in [7, 11) is -4.79. The summed E-state index contributed by atoms with van der Waals surface area (Å²) in [5, 5.41) is 0. The molecule has 0 N–H and O–H groups in total. The van der Waals surface area contributed by atoms with E-state index in [2.05, 4.69) is 11.1 Å². The number of aryl methyl sites for hydroxylation is 1. The molecular weight excluding hydrogens is 293 g/mol. The molecule has 0 heterocycles. The molecule has 0 aliphatic heterocycles. The van der Waals surface area contributed by atoms with Gasteiger partial charge in [-0.2, -0.15) is 12.6 Å². The van der Waals surface area contributed by atoms with Crippen molar-refractivity contribution in [1.29, 1.82) is 0 Å². The summed E-state index contributed by atoms with van der Waals surface area (Å²) in [6, 6.07) is 5.30. The summed E-state index contributed by atoms with van der Waals surface area (Å²) < 4.78 is 61.6. The van der Waals surface area contributed by atoms with Crippen LogP contribution in [0.25, 0.3) is 0 Å². The second-order valence-corrected chi connectivity index (χ2v) is 5.98. The van der Waals surface area contributed by atoms with Gasteiger partial charge < -0.3 is 0 Å². The minimum atomic E-state index is -5.21. The molecule has 0 atom stereocenters. The summed E-state index contributed by atoms with van der Waals surface area (Å²) in [5.74, 6) is 0. The molecule has 20 heavy (non-hydrogen) atoms. The third-order valence-corrected chi connectivity index (χ3v) is 3.99. The maximum Gasteiger partial charge on any atom is 0.537 e. The van der Waals surface area contributed by atoms with Crippen molar-refractivity contribution in [2.75, 3.05) is 0 Å². The van der Waals surface area contributed by atoms with Gasteiger partial charge in [0.15, 0.2) is 0 Å². The lowest BCUT2D eigenvalue weighted by atomic mass is 10.1. The van der Waals surface area contributed by atoms with Crippen LogP contribution in [-0.2, 0) is 20.7 Å². The Balaban J connectivity index is 2.66. The van der Waals surface area contributed by atoms with Gasteiger partial charge in [-0.05, 0) is 30.5 Å². The first-order chi connectivity index (χ1) is 9.24. The van der Waals surface area contributed by atoms with E-state index in [0.29, 0.717) is 0 Å². The van der Waals surface area contributed by atoms with Crippen LogP contribution in [-0.4, -0.2) is 14.8 Å². The monoisotopic (exact) mass is 310 g/mol. The molecule has 0 aliphatic rings. The lowest BCUT2D eigenvalue weighted by molar-refractivity contribution is -0.271. The zero-order valence-corrected chi connectivity index (χ0v) is 11.9. The standard InChI is InChI=1S/C13H17F3O3S/c1-2-3-4-5-6-11-7-9-12(10-8-11)20(17,18)19-13(14,15)16/h7-10H,2-6H2,1H3. The minimum Gasteiger partial charge on any atom is -0.194 e. The molecule has 0 aromatic heterocycles. The Kier molecular flexibility index (Phi) is 6.01. The fourth-order valence-electron chi connectivity index (χ4n) is 1.75. The molecule has 1 aromatic carbocycles. The van der Waals surface area contributed by atoms with E-state index >= 15 is 0 Å². The highest BCUT2D eigenvalue weighted by atomic mass is 32.2. The number of halogens is 3. The molecule has 1 aromatic rings. The smallest absolute Gasteiger partial charge is 0.194 e. The molecule has 1 rings (SSSR count). The molecule has 0 radical (unpaired) electrons. The molecule has 3 nitrogen and oxygen atoms in total. The normalized spacial score (nSPS) is 12.6. The summed E-state index contributed by atoms with van der Waals surface area (Å²) in [6.45, 7) is 2.10. The van der Waals surface area contributed by atoms with Crippen molar-refractivity contribution >= 4 is 10.1 Å². The Morgan fingerprint density at radius 3 is 2.15 bits per heavy atom. The number of unbranched alkanes of at least 4 members (excludes halogenated alkanes) is 3. The first kappa shape index (κ1) is 17.0. The summed E-state index contributed by atoms with van der Waals surface area (Å²) in [6.07, 6.45) is -0.136. The van der Waals surface area contributed by atoms with Crippen LogP contribution >= 0.6 is 0 Å². The van der Waals surface area contributed by atoms with Crippen LogP contribution in [0.1, 0.15) is 38.2 Å². The van der Waals surface area contributed by atoms with Gasteiger partial charge in [0.25, 0.3) is 0 Å². The van der Waals surface area contributed by atoms with E-state index in [1.807, 2.05) is 0 Å². The van der Waals surface area contributed by atoms with Gasteiger partial charge in [0, 0.05) is 0 Å². The largest absolute Gasteiger partial charge is 0.537 e. The van der Waals surface area contributed by atoms with Crippen LogP contribution in [0.4, 0.5) is 13.2 Å². The Labute approximate surface area is 116 Å². The third-order valence-electron chi connectivity index (χ3n) is 2.74. The van der Waals surface area contributed by atoms with Gasteiger partial charge in [0.2, 0.25) is 0 Å². The molecule has 0 saturated carbocycles. The van der Waals surface area contributed by atoms with Crippen molar-refractivity contribution < 1.29 is 25.8 Å². The predicted octanol–water partition coefficient (Wildman–Crippen LogP) is 4.03.